The number of hydrogen-bond donors (Lipinski definition) is 2. The average molecular weight is 323 g/mol. The third-order valence-corrected chi connectivity index (χ3v) is 4.15. The molecule has 0 aliphatic heterocycles. The Morgan fingerprint density at radius 3 is 2.79 bits per heavy atom. The van der Waals surface area contributed by atoms with Gasteiger partial charge in [0.2, 0.25) is 0 Å². The lowest BCUT2D eigenvalue weighted by Gasteiger charge is -2.07. The first-order chi connectivity index (χ1) is 11.8. The molecule has 1 aliphatic carbocycles. The summed E-state index contributed by atoms with van der Waals surface area (Å²) in [5.41, 5.74) is 3.22. The lowest BCUT2D eigenvalue weighted by Crippen LogP contribution is -2.26. The highest BCUT2D eigenvalue weighted by molar-refractivity contribution is 6.09. The lowest BCUT2D eigenvalue weighted by molar-refractivity contribution is 0.0946. The number of amides is 1. The van der Waals surface area contributed by atoms with Crippen LogP contribution in [0.5, 0.6) is 0 Å². The summed E-state index contributed by atoms with van der Waals surface area (Å²) in [5, 5.41) is 16.4. The van der Waals surface area contributed by atoms with Gasteiger partial charge in [-0.1, -0.05) is 35.5 Å². The third-order valence-electron chi connectivity index (χ3n) is 4.15. The Hall–Kier alpha value is -2.73. The van der Waals surface area contributed by atoms with E-state index in [-0.39, 0.29) is 19.1 Å². The molecule has 0 bridgehead atoms. The van der Waals surface area contributed by atoms with Crippen molar-refractivity contribution in [1.82, 2.24) is 15.5 Å². The maximum absolute atomic E-state index is 12.6. The quantitative estimate of drug-likeness (QED) is 0.753. The minimum atomic E-state index is -0.251. The molecule has 3 aromatic rings. The van der Waals surface area contributed by atoms with Crippen LogP contribution in [0.4, 0.5) is 0 Å². The van der Waals surface area contributed by atoms with Crippen molar-refractivity contribution in [2.45, 2.75) is 18.8 Å². The van der Waals surface area contributed by atoms with Gasteiger partial charge in [-0.15, -0.1) is 0 Å². The van der Waals surface area contributed by atoms with Gasteiger partial charge in [-0.05, 0) is 18.9 Å². The maximum Gasteiger partial charge on any atom is 0.259 e. The van der Waals surface area contributed by atoms with E-state index in [1.54, 1.807) is 0 Å². The number of aliphatic hydroxyl groups is 1. The maximum atomic E-state index is 12.6. The van der Waals surface area contributed by atoms with E-state index in [4.69, 9.17) is 9.63 Å². The minimum Gasteiger partial charge on any atom is -0.395 e. The van der Waals surface area contributed by atoms with Crippen LogP contribution in [0.2, 0.25) is 0 Å². The van der Waals surface area contributed by atoms with E-state index in [1.807, 2.05) is 36.4 Å². The van der Waals surface area contributed by atoms with Crippen LogP contribution in [0.25, 0.3) is 22.4 Å². The number of rotatable bonds is 5. The summed E-state index contributed by atoms with van der Waals surface area (Å²) in [7, 11) is 0. The molecule has 4 rings (SSSR count). The highest BCUT2D eigenvalue weighted by atomic mass is 16.5. The predicted octanol–water partition coefficient (Wildman–Crippen LogP) is 2.49. The zero-order valence-corrected chi connectivity index (χ0v) is 13.0. The van der Waals surface area contributed by atoms with E-state index >= 15 is 0 Å². The fourth-order valence-electron chi connectivity index (χ4n) is 2.80. The van der Waals surface area contributed by atoms with Crippen LogP contribution >= 0.6 is 0 Å². The average Bonchev–Trinajstić information content (AvgIpc) is 3.39. The van der Waals surface area contributed by atoms with Crippen molar-refractivity contribution in [3.63, 3.8) is 0 Å². The number of pyridine rings is 1. The second kappa shape index (κ2) is 6.05. The van der Waals surface area contributed by atoms with E-state index in [9.17, 15) is 4.79 Å². The normalized spacial score (nSPS) is 14.0. The Labute approximate surface area is 138 Å². The first-order valence-corrected chi connectivity index (χ1v) is 8.02. The molecule has 2 N–H and O–H groups in total. The highest BCUT2D eigenvalue weighted by Crippen LogP contribution is 2.41. The summed E-state index contributed by atoms with van der Waals surface area (Å²) < 4.78 is 5.43. The first-order valence-electron chi connectivity index (χ1n) is 8.02. The lowest BCUT2D eigenvalue weighted by atomic mass is 10.0. The molecule has 0 spiro atoms. The van der Waals surface area contributed by atoms with E-state index in [1.165, 1.54) is 0 Å². The molecular weight excluding hydrogens is 306 g/mol. The minimum absolute atomic E-state index is 0.107. The fourth-order valence-corrected chi connectivity index (χ4v) is 2.80. The van der Waals surface area contributed by atoms with Crippen LogP contribution in [0.1, 0.15) is 34.8 Å². The van der Waals surface area contributed by atoms with Gasteiger partial charge in [0.1, 0.15) is 5.69 Å². The van der Waals surface area contributed by atoms with Gasteiger partial charge in [0.25, 0.3) is 11.6 Å². The molecular formula is C18H17N3O3. The van der Waals surface area contributed by atoms with Crippen molar-refractivity contribution in [2.24, 2.45) is 0 Å². The molecule has 0 saturated heterocycles. The van der Waals surface area contributed by atoms with Crippen molar-refractivity contribution < 1.29 is 14.4 Å². The van der Waals surface area contributed by atoms with Crippen molar-refractivity contribution in [3.05, 3.63) is 47.7 Å². The van der Waals surface area contributed by atoms with E-state index < -0.39 is 0 Å². The number of benzene rings is 1. The number of carbonyl (C=O) groups excluding carboxylic acids is 1. The Morgan fingerprint density at radius 1 is 1.29 bits per heavy atom. The number of nitrogens with zero attached hydrogens (tertiary/aromatic N) is 2. The van der Waals surface area contributed by atoms with Gasteiger partial charge in [-0.3, -0.25) is 4.79 Å². The van der Waals surface area contributed by atoms with Gasteiger partial charge in [-0.2, -0.15) is 0 Å². The molecule has 6 heteroatoms. The summed E-state index contributed by atoms with van der Waals surface area (Å²) in [6, 6.07) is 11.4. The van der Waals surface area contributed by atoms with Gasteiger partial charge in [0.15, 0.2) is 0 Å². The van der Waals surface area contributed by atoms with Crippen molar-refractivity contribution in [2.75, 3.05) is 13.2 Å². The number of hydrogen-bond acceptors (Lipinski definition) is 5. The largest absolute Gasteiger partial charge is 0.395 e. The van der Waals surface area contributed by atoms with Crippen LogP contribution in [-0.4, -0.2) is 34.3 Å². The number of carbonyl (C=O) groups is 1. The molecule has 6 nitrogen and oxygen atoms in total. The number of fused-ring (bicyclic) bond motifs is 1. The Kier molecular flexibility index (Phi) is 3.74. The van der Waals surface area contributed by atoms with Gasteiger partial charge in [0, 0.05) is 23.7 Å². The Morgan fingerprint density at radius 2 is 2.08 bits per heavy atom. The molecule has 1 amide bonds. The fraction of sp³-hybridized carbons (Fsp3) is 0.278. The van der Waals surface area contributed by atoms with Crippen molar-refractivity contribution >= 4 is 17.0 Å². The Bertz CT molecular complexity index is 885. The molecule has 2 aromatic heterocycles. The molecule has 0 unspecified atom stereocenters. The van der Waals surface area contributed by atoms with E-state index in [0.29, 0.717) is 28.3 Å². The number of nitrogens with one attached hydrogen (secondary N) is 1. The summed E-state index contributed by atoms with van der Waals surface area (Å²) >= 11 is 0. The highest BCUT2D eigenvalue weighted by Gasteiger charge is 2.29. The van der Waals surface area contributed by atoms with Gasteiger partial charge < -0.3 is 14.9 Å². The zero-order valence-electron chi connectivity index (χ0n) is 13.0. The predicted molar refractivity (Wildman–Crippen MR) is 88.6 cm³/mol. The zero-order chi connectivity index (χ0) is 16.5. The van der Waals surface area contributed by atoms with Crippen molar-refractivity contribution in [1.29, 1.82) is 0 Å². The van der Waals surface area contributed by atoms with E-state index in [0.717, 1.165) is 24.1 Å². The second-order valence-electron chi connectivity index (χ2n) is 5.93. The SMILES string of the molecule is O=C(NCCO)c1cc(C2CC2)nc2onc(-c3ccccc3)c12. The van der Waals surface area contributed by atoms with Crippen LogP contribution in [-0.2, 0) is 0 Å². The first kappa shape index (κ1) is 14.8. The Balaban J connectivity index is 1.88. The third kappa shape index (κ3) is 2.65. The summed E-state index contributed by atoms with van der Waals surface area (Å²) in [5.74, 6) is 0.141. The van der Waals surface area contributed by atoms with Gasteiger partial charge in [-0.25, -0.2) is 4.98 Å². The molecule has 0 atom stereocenters. The molecule has 1 aromatic carbocycles. The molecule has 1 fully saturated rings. The molecule has 2 heterocycles. The topological polar surface area (TPSA) is 88.2 Å². The van der Waals surface area contributed by atoms with Crippen LogP contribution in [0.3, 0.4) is 0 Å². The van der Waals surface area contributed by atoms with Crippen LogP contribution < -0.4 is 5.32 Å². The smallest absolute Gasteiger partial charge is 0.259 e. The van der Waals surface area contributed by atoms with Gasteiger partial charge >= 0.3 is 0 Å². The monoisotopic (exact) mass is 323 g/mol. The summed E-state index contributed by atoms with van der Waals surface area (Å²) in [6.45, 7) is 0.0952. The summed E-state index contributed by atoms with van der Waals surface area (Å²) in [6.07, 6.45) is 2.16. The molecule has 0 radical (unpaired) electrons. The van der Waals surface area contributed by atoms with Crippen LogP contribution in [0, 0.1) is 0 Å². The molecule has 1 aliphatic rings. The van der Waals surface area contributed by atoms with E-state index in [2.05, 4.69) is 15.5 Å². The molecule has 1 saturated carbocycles. The standard InChI is InChI=1S/C18H17N3O3/c22-9-8-19-17(23)13-10-14(11-6-7-11)20-18-15(13)16(21-24-18)12-4-2-1-3-5-12/h1-5,10-11,22H,6-9H2,(H,19,23). The molecule has 24 heavy (non-hydrogen) atoms. The summed E-state index contributed by atoms with van der Waals surface area (Å²) in [4.78, 5) is 17.1. The van der Waals surface area contributed by atoms with Crippen molar-refractivity contribution in [3.8, 4) is 11.3 Å². The number of aliphatic hydroxyl groups excluding tert-OH is 1. The van der Waals surface area contributed by atoms with Crippen LogP contribution in [0.15, 0.2) is 40.9 Å². The second-order valence-corrected chi connectivity index (χ2v) is 5.93. The molecule has 122 valence electrons. The number of aromatic nitrogens is 2. The van der Waals surface area contributed by atoms with Gasteiger partial charge in [0.05, 0.1) is 17.6 Å².